The summed E-state index contributed by atoms with van der Waals surface area (Å²) in [6.07, 6.45) is 7.80. The number of rotatable bonds is 8. The lowest BCUT2D eigenvalue weighted by molar-refractivity contribution is -0.120. The van der Waals surface area contributed by atoms with Crippen LogP contribution in [-0.2, 0) is 19.6 Å². The lowest BCUT2D eigenvalue weighted by atomic mass is 9.84. The van der Waals surface area contributed by atoms with Gasteiger partial charge in [0.15, 0.2) is 5.78 Å². The second kappa shape index (κ2) is 11.6. The minimum atomic E-state index is -3.80. The van der Waals surface area contributed by atoms with E-state index >= 15 is 0 Å². The van der Waals surface area contributed by atoms with E-state index in [1.807, 2.05) is 11.8 Å². The lowest BCUT2D eigenvalue weighted by Crippen LogP contribution is -2.49. The van der Waals surface area contributed by atoms with E-state index in [1.54, 1.807) is 30.3 Å². The molecule has 0 radical (unpaired) electrons. The molecule has 0 bridgehead atoms. The summed E-state index contributed by atoms with van der Waals surface area (Å²) < 4.78 is 34.2. The first-order valence-corrected chi connectivity index (χ1v) is 13.0. The van der Waals surface area contributed by atoms with Crippen LogP contribution < -0.4 is 4.72 Å². The number of carbonyl (C=O) groups excluding carboxylic acids is 1. The molecule has 1 N–H and O–H groups in total. The second-order valence-corrected chi connectivity index (χ2v) is 10.1. The zero-order chi connectivity index (χ0) is 22.1. The van der Waals surface area contributed by atoms with Gasteiger partial charge in [0, 0.05) is 19.5 Å². The van der Waals surface area contributed by atoms with Crippen LogP contribution in [0, 0.1) is 5.92 Å². The fourth-order valence-electron chi connectivity index (χ4n) is 4.28. The molecule has 31 heavy (non-hydrogen) atoms. The Morgan fingerprint density at radius 1 is 1.16 bits per heavy atom. The van der Waals surface area contributed by atoms with Crippen molar-refractivity contribution < 1.29 is 17.9 Å². The Kier molecular flexibility index (Phi) is 8.90. The van der Waals surface area contributed by atoms with Gasteiger partial charge < -0.3 is 9.64 Å². The number of guanidine groups is 1. The summed E-state index contributed by atoms with van der Waals surface area (Å²) >= 11 is 0. The maximum atomic E-state index is 13.0. The third-order valence-corrected chi connectivity index (χ3v) is 7.36. The fourth-order valence-corrected chi connectivity index (χ4v) is 5.34. The minimum absolute atomic E-state index is 0.0951. The van der Waals surface area contributed by atoms with E-state index in [4.69, 9.17) is 9.73 Å². The molecule has 8 heteroatoms. The molecular formula is C23H35N3O4S. The van der Waals surface area contributed by atoms with Crippen molar-refractivity contribution in [1.29, 1.82) is 0 Å². The summed E-state index contributed by atoms with van der Waals surface area (Å²) in [6, 6.07) is 7.76. The SMILES string of the molecule is CCCC(=O)[C@H](CC1CCCCC1)N=C(NS(=O)(=O)c1ccccc1)N1CCOCC1. The molecule has 1 saturated carbocycles. The van der Waals surface area contributed by atoms with Gasteiger partial charge in [-0.05, 0) is 30.9 Å². The van der Waals surface area contributed by atoms with Crippen LogP contribution in [0.5, 0.6) is 0 Å². The van der Waals surface area contributed by atoms with Crippen LogP contribution in [0.2, 0.25) is 0 Å². The van der Waals surface area contributed by atoms with Crippen LogP contribution in [0.1, 0.15) is 58.3 Å². The highest BCUT2D eigenvalue weighted by molar-refractivity contribution is 7.90. The molecule has 0 amide bonds. The molecule has 7 nitrogen and oxygen atoms in total. The average molecular weight is 450 g/mol. The third kappa shape index (κ3) is 7.04. The van der Waals surface area contributed by atoms with E-state index in [9.17, 15) is 13.2 Å². The molecule has 1 aliphatic heterocycles. The first kappa shape index (κ1) is 23.7. The molecule has 1 saturated heterocycles. The smallest absolute Gasteiger partial charge is 0.264 e. The highest BCUT2D eigenvalue weighted by Gasteiger charge is 2.28. The topological polar surface area (TPSA) is 88.1 Å². The molecule has 3 rings (SSSR count). The van der Waals surface area contributed by atoms with Crippen molar-refractivity contribution in [2.75, 3.05) is 26.3 Å². The Bertz CT molecular complexity index is 830. The number of Topliss-reactive ketones (excluding diaryl/α,β-unsaturated/α-hetero) is 1. The number of hydrogen-bond donors (Lipinski definition) is 1. The Hall–Kier alpha value is -1.93. The number of sulfonamides is 1. The molecule has 2 aliphatic rings. The van der Waals surface area contributed by atoms with E-state index in [2.05, 4.69) is 4.72 Å². The number of ether oxygens (including phenoxy) is 1. The van der Waals surface area contributed by atoms with Gasteiger partial charge in [0.05, 0.1) is 18.1 Å². The Labute approximate surface area is 186 Å². The number of morpholine rings is 1. The predicted molar refractivity (Wildman–Crippen MR) is 121 cm³/mol. The van der Waals surface area contributed by atoms with Crippen molar-refractivity contribution in [3.8, 4) is 0 Å². The van der Waals surface area contributed by atoms with Gasteiger partial charge in [0.1, 0.15) is 6.04 Å². The summed E-state index contributed by atoms with van der Waals surface area (Å²) in [4.78, 5) is 19.8. The first-order valence-electron chi connectivity index (χ1n) is 11.5. The Morgan fingerprint density at radius 2 is 1.84 bits per heavy atom. The summed E-state index contributed by atoms with van der Waals surface area (Å²) in [7, 11) is -3.80. The minimum Gasteiger partial charge on any atom is -0.378 e. The monoisotopic (exact) mass is 449 g/mol. The summed E-state index contributed by atoms with van der Waals surface area (Å²) in [6.45, 7) is 4.06. The summed E-state index contributed by atoms with van der Waals surface area (Å²) in [5.74, 6) is 0.829. The summed E-state index contributed by atoms with van der Waals surface area (Å²) in [5, 5.41) is 0. The van der Waals surface area contributed by atoms with Crippen molar-refractivity contribution >= 4 is 21.8 Å². The van der Waals surface area contributed by atoms with Gasteiger partial charge in [0.25, 0.3) is 10.0 Å². The number of aliphatic imine (C=N–C) groups is 1. The van der Waals surface area contributed by atoms with E-state index < -0.39 is 16.1 Å². The number of carbonyl (C=O) groups is 1. The van der Waals surface area contributed by atoms with Gasteiger partial charge in [-0.3, -0.25) is 4.79 Å². The van der Waals surface area contributed by atoms with Gasteiger partial charge in [-0.15, -0.1) is 0 Å². The average Bonchev–Trinajstić information content (AvgIpc) is 2.80. The van der Waals surface area contributed by atoms with Crippen molar-refractivity contribution in [3.05, 3.63) is 30.3 Å². The van der Waals surface area contributed by atoms with E-state index in [1.165, 1.54) is 19.3 Å². The lowest BCUT2D eigenvalue weighted by Gasteiger charge is -2.31. The normalized spacial score (nSPS) is 19.8. The van der Waals surface area contributed by atoms with E-state index in [-0.39, 0.29) is 16.6 Å². The quantitative estimate of drug-likeness (QED) is 0.486. The number of ketones is 1. The number of benzene rings is 1. The van der Waals surface area contributed by atoms with Gasteiger partial charge in [-0.1, -0.05) is 57.2 Å². The van der Waals surface area contributed by atoms with Crippen LogP contribution in [0.4, 0.5) is 0 Å². The molecule has 0 unspecified atom stereocenters. The fraction of sp³-hybridized carbons (Fsp3) is 0.652. The van der Waals surface area contributed by atoms with Crippen LogP contribution in [0.15, 0.2) is 40.2 Å². The molecule has 172 valence electrons. The zero-order valence-electron chi connectivity index (χ0n) is 18.5. The highest BCUT2D eigenvalue weighted by Crippen LogP contribution is 2.29. The first-order chi connectivity index (χ1) is 15.0. The standard InChI is InChI=1S/C23H35N3O4S/c1-2-9-22(27)21(18-19-10-5-3-6-11-19)24-23(26-14-16-30-17-15-26)25-31(28,29)20-12-7-4-8-13-20/h4,7-8,12-13,19,21H,2-3,5-6,9-11,14-18H2,1H3,(H,24,25)/t21-/m0/s1. The van der Waals surface area contributed by atoms with E-state index in [0.29, 0.717) is 45.1 Å². The highest BCUT2D eigenvalue weighted by atomic mass is 32.2. The Balaban J connectivity index is 1.88. The van der Waals surface area contributed by atoms with Gasteiger partial charge in [-0.25, -0.2) is 18.1 Å². The Morgan fingerprint density at radius 3 is 2.48 bits per heavy atom. The van der Waals surface area contributed by atoms with Crippen LogP contribution in [-0.4, -0.2) is 57.4 Å². The maximum Gasteiger partial charge on any atom is 0.264 e. The van der Waals surface area contributed by atoms with Gasteiger partial charge in [-0.2, -0.15) is 0 Å². The molecule has 0 spiro atoms. The molecule has 1 atom stereocenters. The van der Waals surface area contributed by atoms with Crippen molar-refractivity contribution in [1.82, 2.24) is 9.62 Å². The maximum absolute atomic E-state index is 13.0. The molecule has 1 aromatic carbocycles. The molecule has 1 heterocycles. The van der Waals surface area contributed by atoms with Crippen molar-refractivity contribution in [2.24, 2.45) is 10.9 Å². The number of nitrogens with one attached hydrogen (secondary N) is 1. The molecular weight excluding hydrogens is 414 g/mol. The van der Waals surface area contributed by atoms with Crippen LogP contribution >= 0.6 is 0 Å². The van der Waals surface area contributed by atoms with Gasteiger partial charge >= 0.3 is 0 Å². The van der Waals surface area contributed by atoms with Crippen molar-refractivity contribution in [3.63, 3.8) is 0 Å². The molecule has 2 fully saturated rings. The zero-order valence-corrected chi connectivity index (χ0v) is 19.3. The number of nitrogens with zero attached hydrogens (tertiary/aromatic N) is 2. The van der Waals surface area contributed by atoms with Gasteiger partial charge in [0.2, 0.25) is 5.96 Å². The number of hydrogen-bond acceptors (Lipinski definition) is 5. The van der Waals surface area contributed by atoms with Crippen molar-refractivity contribution in [2.45, 2.75) is 69.2 Å². The van der Waals surface area contributed by atoms with Crippen LogP contribution in [0.3, 0.4) is 0 Å². The summed E-state index contributed by atoms with van der Waals surface area (Å²) in [5.41, 5.74) is 0. The van der Waals surface area contributed by atoms with Crippen LogP contribution in [0.25, 0.3) is 0 Å². The molecule has 1 aliphatic carbocycles. The third-order valence-electron chi connectivity index (χ3n) is 6.02. The second-order valence-electron chi connectivity index (χ2n) is 8.44. The predicted octanol–water partition coefficient (Wildman–Crippen LogP) is 3.36. The largest absolute Gasteiger partial charge is 0.378 e. The molecule has 1 aromatic rings. The molecule has 0 aromatic heterocycles. The van der Waals surface area contributed by atoms with E-state index in [0.717, 1.165) is 19.3 Å².